The van der Waals surface area contributed by atoms with Crippen LogP contribution in [0.15, 0.2) is 18.2 Å². The van der Waals surface area contributed by atoms with Crippen molar-refractivity contribution in [2.24, 2.45) is 7.05 Å². The standard InChI is InChI=1S/C13H17N3O/c1-9(17)10-5-6-12-11(7-10)14-13(16(12)4)8-15(2)3/h5-7H,8H2,1-4H3. The van der Waals surface area contributed by atoms with E-state index in [4.69, 9.17) is 0 Å². The van der Waals surface area contributed by atoms with Crippen molar-refractivity contribution in [1.29, 1.82) is 0 Å². The van der Waals surface area contributed by atoms with Gasteiger partial charge < -0.3 is 9.47 Å². The highest BCUT2D eigenvalue weighted by Crippen LogP contribution is 2.17. The first-order valence-corrected chi connectivity index (χ1v) is 5.60. The molecule has 0 saturated carbocycles. The molecule has 0 radical (unpaired) electrons. The minimum Gasteiger partial charge on any atom is -0.330 e. The molecule has 0 saturated heterocycles. The highest BCUT2D eigenvalue weighted by Gasteiger charge is 2.10. The molecule has 0 aliphatic rings. The Bertz CT molecular complexity index is 569. The predicted octanol–water partition coefficient (Wildman–Crippen LogP) is 1.84. The Morgan fingerprint density at radius 1 is 1.41 bits per heavy atom. The molecule has 4 heteroatoms. The van der Waals surface area contributed by atoms with Gasteiger partial charge in [0.1, 0.15) is 5.82 Å². The number of hydrogen-bond donors (Lipinski definition) is 0. The van der Waals surface area contributed by atoms with Crippen LogP contribution in [-0.2, 0) is 13.6 Å². The van der Waals surface area contributed by atoms with E-state index in [2.05, 4.69) is 14.5 Å². The van der Waals surface area contributed by atoms with Crippen molar-refractivity contribution in [2.75, 3.05) is 14.1 Å². The molecule has 0 spiro atoms. The van der Waals surface area contributed by atoms with Gasteiger partial charge in [-0.3, -0.25) is 4.79 Å². The van der Waals surface area contributed by atoms with Crippen molar-refractivity contribution in [3.05, 3.63) is 29.6 Å². The van der Waals surface area contributed by atoms with Crippen LogP contribution >= 0.6 is 0 Å². The molecular weight excluding hydrogens is 214 g/mol. The SMILES string of the molecule is CC(=O)c1ccc2c(c1)nc(CN(C)C)n2C. The Hall–Kier alpha value is -1.68. The lowest BCUT2D eigenvalue weighted by Crippen LogP contribution is -2.14. The van der Waals surface area contributed by atoms with E-state index in [9.17, 15) is 4.79 Å². The summed E-state index contributed by atoms with van der Waals surface area (Å²) in [5.41, 5.74) is 2.66. The molecule has 0 amide bonds. The van der Waals surface area contributed by atoms with E-state index in [-0.39, 0.29) is 5.78 Å². The molecule has 0 bridgehead atoms. The largest absolute Gasteiger partial charge is 0.330 e. The van der Waals surface area contributed by atoms with Crippen molar-refractivity contribution in [3.63, 3.8) is 0 Å². The van der Waals surface area contributed by atoms with E-state index < -0.39 is 0 Å². The first kappa shape index (κ1) is 11.8. The summed E-state index contributed by atoms with van der Waals surface area (Å²) in [6.45, 7) is 2.37. The Morgan fingerprint density at radius 3 is 2.71 bits per heavy atom. The van der Waals surface area contributed by atoms with Gasteiger partial charge in [0.05, 0.1) is 17.6 Å². The Labute approximate surface area is 101 Å². The van der Waals surface area contributed by atoms with Crippen molar-refractivity contribution in [2.45, 2.75) is 13.5 Å². The average Bonchev–Trinajstić information content (AvgIpc) is 2.54. The fourth-order valence-corrected chi connectivity index (χ4v) is 1.89. The van der Waals surface area contributed by atoms with Crippen LogP contribution in [0.25, 0.3) is 11.0 Å². The maximum absolute atomic E-state index is 11.3. The minimum atomic E-state index is 0.0757. The number of benzene rings is 1. The summed E-state index contributed by atoms with van der Waals surface area (Å²) >= 11 is 0. The zero-order valence-electron chi connectivity index (χ0n) is 10.7. The highest BCUT2D eigenvalue weighted by molar-refractivity contribution is 5.97. The summed E-state index contributed by atoms with van der Waals surface area (Å²) in [6.07, 6.45) is 0. The van der Waals surface area contributed by atoms with E-state index in [0.717, 1.165) is 23.4 Å². The summed E-state index contributed by atoms with van der Waals surface area (Å²) in [5, 5.41) is 0. The summed E-state index contributed by atoms with van der Waals surface area (Å²) in [5.74, 6) is 1.08. The van der Waals surface area contributed by atoms with Crippen molar-refractivity contribution in [3.8, 4) is 0 Å². The number of ketones is 1. The van der Waals surface area contributed by atoms with Gasteiger partial charge in [0.25, 0.3) is 0 Å². The van der Waals surface area contributed by atoms with Crippen LogP contribution < -0.4 is 0 Å². The lowest BCUT2D eigenvalue weighted by atomic mass is 10.1. The van der Waals surface area contributed by atoms with Gasteiger partial charge in [0.2, 0.25) is 0 Å². The summed E-state index contributed by atoms with van der Waals surface area (Å²) in [7, 11) is 6.03. The molecule has 0 aliphatic heterocycles. The lowest BCUT2D eigenvalue weighted by Gasteiger charge is -2.08. The number of carbonyl (C=O) groups excluding carboxylic acids is 1. The molecule has 0 fully saturated rings. The number of aromatic nitrogens is 2. The van der Waals surface area contributed by atoms with E-state index in [1.54, 1.807) is 6.92 Å². The molecule has 17 heavy (non-hydrogen) atoms. The summed E-state index contributed by atoms with van der Waals surface area (Å²) < 4.78 is 2.07. The summed E-state index contributed by atoms with van der Waals surface area (Å²) in [6, 6.07) is 5.67. The third-order valence-corrected chi connectivity index (χ3v) is 2.84. The zero-order chi connectivity index (χ0) is 12.6. The van der Waals surface area contributed by atoms with Crippen LogP contribution in [0.1, 0.15) is 23.1 Å². The van der Waals surface area contributed by atoms with Crippen molar-refractivity contribution < 1.29 is 4.79 Å². The van der Waals surface area contributed by atoms with Crippen molar-refractivity contribution >= 4 is 16.8 Å². The maximum atomic E-state index is 11.3. The third-order valence-electron chi connectivity index (χ3n) is 2.84. The van der Waals surface area contributed by atoms with E-state index in [0.29, 0.717) is 5.56 Å². The monoisotopic (exact) mass is 231 g/mol. The van der Waals surface area contributed by atoms with Gasteiger partial charge in [-0.05, 0) is 39.2 Å². The number of rotatable bonds is 3. The van der Waals surface area contributed by atoms with Crippen LogP contribution in [-0.4, -0.2) is 34.3 Å². The number of imidazole rings is 1. The quantitative estimate of drug-likeness (QED) is 0.756. The molecule has 1 aromatic heterocycles. The van der Waals surface area contributed by atoms with Crippen LogP contribution in [0.5, 0.6) is 0 Å². The molecule has 1 heterocycles. The molecule has 1 aromatic carbocycles. The molecular formula is C13H17N3O. The zero-order valence-corrected chi connectivity index (χ0v) is 10.7. The first-order valence-electron chi connectivity index (χ1n) is 5.60. The fourth-order valence-electron chi connectivity index (χ4n) is 1.89. The molecule has 0 aliphatic carbocycles. The third kappa shape index (κ3) is 2.22. The topological polar surface area (TPSA) is 38.1 Å². The van der Waals surface area contributed by atoms with Gasteiger partial charge in [-0.2, -0.15) is 0 Å². The number of carbonyl (C=O) groups is 1. The minimum absolute atomic E-state index is 0.0757. The van der Waals surface area contributed by atoms with Gasteiger partial charge in [-0.1, -0.05) is 0 Å². The molecule has 90 valence electrons. The van der Waals surface area contributed by atoms with E-state index >= 15 is 0 Å². The number of Topliss-reactive ketones (excluding diaryl/α,β-unsaturated/α-hetero) is 1. The second-order valence-corrected chi connectivity index (χ2v) is 4.58. The number of aryl methyl sites for hydroxylation is 1. The normalized spacial score (nSPS) is 11.4. The van der Waals surface area contributed by atoms with Gasteiger partial charge in [0.15, 0.2) is 5.78 Å². The average molecular weight is 231 g/mol. The number of hydrogen-bond acceptors (Lipinski definition) is 3. The van der Waals surface area contributed by atoms with Crippen molar-refractivity contribution in [1.82, 2.24) is 14.5 Å². The van der Waals surface area contributed by atoms with Gasteiger partial charge >= 0.3 is 0 Å². The highest BCUT2D eigenvalue weighted by atomic mass is 16.1. The molecule has 4 nitrogen and oxygen atoms in total. The maximum Gasteiger partial charge on any atom is 0.159 e. The number of nitrogens with zero attached hydrogens (tertiary/aromatic N) is 3. The molecule has 0 unspecified atom stereocenters. The Kier molecular flexibility index (Phi) is 2.98. The van der Waals surface area contributed by atoms with Crippen LogP contribution in [0.4, 0.5) is 0 Å². The predicted molar refractivity (Wildman–Crippen MR) is 68.1 cm³/mol. The van der Waals surface area contributed by atoms with Crippen LogP contribution in [0.2, 0.25) is 0 Å². The van der Waals surface area contributed by atoms with Crippen LogP contribution in [0, 0.1) is 0 Å². The van der Waals surface area contributed by atoms with E-state index in [1.165, 1.54) is 0 Å². The summed E-state index contributed by atoms with van der Waals surface area (Å²) in [4.78, 5) is 18.0. The van der Waals surface area contributed by atoms with Gasteiger partial charge in [-0.15, -0.1) is 0 Å². The number of fused-ring (bicyclic) bond motifs is 1. The Morgan fingerprint density at radius 2 is 2.12 bits per heavy atom. The Balaban J connectivity index is 2.53. The van der Waals surface area contributed by atoms with Gasteiger partial charge in [0, 0.05) is 12.6 Å². The first-order chi connectivity index (χ1) is 7.99. The molecule has 2 rings (SSSR count). The lowest BCUT2D eigenvalue weighted by molar-refractivity contribution is 0.101. The van der Waals surface area contributed by atoms with Crippen LogP contribution in [0.3, 0.4) is 0 Å². The second-order valence-electron chi connectivity index (χ2n) is 4.58. The fraction of sp³-hybridized carbons (Fsp3) is 0.385. The van der Waals surface area contributed by atoms with Gasteiger partial charge in [-0.25, -0.2) is 4.98 Å². The second kappa shape index (κ2) is 4.30. The smallest absolute Gasteiger partial charge is 0.159 e. The molecule has 0 N–H and O–H groups in total. The molecule has 0 atom stereocenters. The van der Waals surface area contributed by atoms with E-state index in [1.807, 2.05) is 39.3 Å². The molecule has 2 aromatic rings.